The fourth-order valence-electron chi connectivity index (χ4n) is 2.43. The van der Waals surface area contributed by atoms with Crippen LogP contribution in [-0.2, 0) is 11.3 Å². The van der Waals surface area contributed by atoms with Crippen molar-refractivity contribution in [1.29, 1.82) is 0 Å². The van der Waals surface area contributed by atoms with E-state index in [0.717, 1.165) is 5.56 Å². The molecule has 1 aliphatic heterocycles. The molecule has 0 atom stereocenters. The zero-order chi connectivity index (χ0) is 15.7. The Morgan fingerprint density at radius 3 is 2.55 bits per heavy atom. The molecule has 0 N–H and O–H groups in total. The molecule has 7 heteroatoms. The molecule has 0 fully saturated rings. The van der Waals surface area contributed by atoms with Gasteiger partial charge in [-0.2, -0.15) is 4.79 Å². The molecule has 1 heterocycles. The van der Waals surface area contributed by atoms with Crippen LogP contribution in [0.25, 0.3) is 5.53 Å². The summed E-state index contributed by atoms with van der Waals surface area (Å²) in [6.07, 6.45) is 0. The second-order valence-electron chi connectivity index (χ2n) is 4.78. The number of hydrogen-bond donors (Lipinski definition) is 0. The molecular weight excluding hydrogens is 284 g/mol. The fraction of sp³-hybridized carbons (Fsp3) is 0.0667. The van der Waals surface area contributed by atoms with Crippen molar-refractivity contribution in [3.63, 3.8) is 0 Å². The lowest BCUT2D eigenvalue weighted by molar-refractivity contribution is -0.384. The van der Waals surface area contributed by atoms with Crippen molar-refractivity contribution in [2.24, 2.45) is 0 Å². The lowest BCUT2D eigenvalue weighted by Crippen LogP contribution is -2.29. The lowest BCUT2D eigenvalue weighted by atomic mass is 10.1. The van der Waals surface area contributed by atoms with Gasteiger partial charge in [0, 0.05) is 12.1 Å². The van der Waals surface area contributed by atoms with Gasteiger partial charge in [-0.05, 0) is 11.6 Å². The van der Waals surface area contributed by atoms with Gasteiger partial charge in [-0.3, -0.25) is 19.8 Å². The van der Waals surface area contributed by atoms with E-state index in [1.807, 2.05) is 30.3 Å². The Morgan fingerprint density at radius 2 is 1.91 bits per heavy atom. The van der Waals surface area contributed by atoms with Gasteiger partial charge in [-0.1, -0.05) is 30.3 Å². The number of non-ortho nitro benzene ring substituents is 1. The molecule has 3 rings (SSSR count). The van der Waals surface area contributed by atoms with E-state index in [9.17, 15) is 14.9 Å². The van der Waals surface area contributed by atoms with E-state index in [2.05, 4.69) is 4.79 Å². The highest BCUT2D eigenvalue weighted by atomic mass is 16.6. The molecule has 1 aliphatic rings. The largest absolute Gasteiger partial charge is 0.389 e. The summed E-state index contributed by atoms with van der Waals surface area (Å²) >= 11 is 0. The minimum Gasteiger partial charge on any atom is -0.361 e. The highest BCUT2D eigenvalue weighted by Crippen LogP contribution is 2.32. The molecule has 108 valence electrons. The van der Waals surface area contributed by atoms with Crippen molar-refractivity contribution in [2.75, 3.05) is 4.90 Å². The van der Waals surface area contributed by atoms with E-state index in [-0.39, 0.29) is 17.0 Å². The Morgan fingerprint density at radius 1 is 1.18 bits per heavy atom. The van der Waals surface area contributed by atoms with Crippen LogP contribution in [-0.4, -0.2) is 21.3 Å². The Balaban J connectivity index is 2.07. The Bertz CT molecular complexity index is 826. The summed E-state index contributed by atoms with van der Waals surface area (Å²) in [6.45, 7) is 0.295. The molecule has 0 aliphatic carbocycles. The van der Waals surface area contributed by atoms with E-state index in [1.165, 1.54) is 23.1 Å². The number of amides is 1. The highest BCUT2D eigenvalue weighted by Gasteiger charge is 2.41. The maximum Gasteiger partial charge on any atom is 0.389 e. The Labute approximate surface area is 125 Å². The van der Waals surface area contributed by atoms with Gasteiger partial charge < -0.3 is 5.53 Å². The maximum absolute atomic E-state index is 12.3. The van der Waals surface area contributed by atoms with Gasteiger partial charge in [-0.25, -0.2) is 0 Å². The number of carbonyl (C=O) groups excluding carboxylic acids is 1. The predicted octanol–water partition coefficient (Wildman–Crippen LogP) is 2.16. The van der Waals surface area contributed by atoms with Crippen molar-refractivity contribution >= 4 is 23.0 Å². The molecule has 22 heavy (non-hydrogen) atoms. The maximum atomic E-state index is 12.3. The normalized spacial score (nSPS) is 13.0. The van der Waals surface area contributed by atoms with Gasteiger partial charge in [0.2, 0.25) is 0 Å². The minimum atomic E-state index is -0.556. The van der Waals surface area contributed by atoms with Crippen molar-refractivity contribution < 1.29 is 14.5 Å². The summed E-state index contributed by atoms with van der Waals surface area (Å²) in [5.41, 5.74) is 10.4. The van der Waals surface area contributed by atoms with Crippen LogP contribution in [0.3, 0.4) is 0 Å². The number of nitro groups is 1. The predicted molar refractivity (Wildman–Crippen MR) is 78.5 cm³/mol. The van der Waals surface area contributed by atoms with E-state index >= 15 is 0 Å². The van der Waals surface area contributed by atoms with Crippen molar-refractivity contribution in [3.8, 4) is 0 Å². The van der Waals surface area contributed by atoms with Crippen LogP contribution >= 0.6 is 0 Å². The first-order chi connectivity index (χ1) is 10.6. The zero-order valence-corrected chi connectivity index (χ0v) is 11.3. The van der Waals surface area contributed by atoms with Gasteiger partial charge in [-0.15, -0.1) is 0 Å². The van der Waals surface area contributed by atoms with Gasteiger partial charge in [0.1, 0.15) is 5.56 Å². The number of hydrogen-bond acceptors (Lipinski definition) is 3. The number of nitrogens with zero attached hydrogens (tertiary/aromatic N) is 4. The molecule has 0 saturated heterocycles. The molecular formula is C15H10N4O3. The summed E-state index contributed by atoms with van der Waals surface area (Å²) in [5, 5.41) is 10.9. The highest BCUT2D eigenvalue weighted by molar-refractivity contribution is 6.52. The second kappa shape index (κ2) is 5.23. The topological polar surface area (TPSA) is 99.9 Å². The first-order valence-electron chi connectivity index (χ1n) is 6.48. The molecule has 0 spiro atoms. The third kappa shape index (κ3) is 2.15. The van der Waals surface area contributed by atoms with Crippen molar-refractivity contribution in [2.45, 2.75) is 6.54 Å². The Kier molecular flexibility index (Phi) is 3.25. The Hall–Kier alpha value is -3.31. The second-order valence-corrected chi connectivity index (χ2v) is 4.78. The molecule has 2 aromatic rings. The summed E-state index contributed by atoms with van der Waals surface area (Å²) in [4.78, 5) is 27.1. The first kappa shape index (κ1) is 13.7. The van der Waals surface area contributed by atoms with Crippen LogP contribution in [0.5, 0.6) is 0 Å². The summed E-state index contributed by atoms with van der Waals surface area (Å²) in [5.74, 6) is -0.484. The first-order valence-corrected chi connectivity index (χ1v) is 6.48. The van der Waals surface area contributed by atoms with Crippen LogP contribution in [0.1, 0.15) is 11.1 Å². The number of benzene rings is 2. The number of anilines is 1. The monoisotopic (exact) mass is 294 g/mol. The average Bonchev–Trinajstić information content (AvgIpc) is 2.79. The third-order valence-electron chi connectivity index (χ3n) is 3.47. The van der Waals surface area contributed by atoms with Crippen LogP contribution in [0.2, 0.25) is 0 Å². The quantitative estimate of drug-likeness (QED) is 0.375. The van der Waals surface area contributed by atoms with Gasteiger partial charge >= 0.3 is 11.6 Å². The van der Waals surface area contributed by atoms with E-state index < -0.39 is 10.8 Å². The van der Waals surface area contributed by atoms with Crippen LogP contribution in [0.4, 0.5) is 11.4 Å². The molecule has 0 saturated carbocycles. The molecule has 0 radical (unpaired) electrons. The molecule has 0 unspecified atom stereocenters. The zero-order valence-electron chi connectivity index (χ0n) is 11.3. The number of nitro benzene ring substituents is 1. The van der Waals surface area contributed by atoms with E-state index in [1.54, 1.807) is 0 Å². The molecule has 1 amide bonds. The average molecular weight is 294 g/mol. The fourth-order valence-corrected chi connectivity index (χ4v) is 2.43. The lowest BCUT2D eigenvalue weighted by Gasteiger charge is -2.15. The molecule has 2 aromatic carbocycles. The van der Waals surface area contributed by atoms with Gasteiger partial charge in [0.25, 0.3) is 5.69 Å². The summed E-state index contributed by atoms with van der Waals surface area (Å²) in [6, 6.07) is 13.4. The van der Waals surface area contributed by atoms with Gasteiger partial charge in [0.05, 0.1) is 17.2 Å². The molecule has 7 nitrogen and oxygen atoms in total. The van der Waals surface area contributed by atoms with Crippen LogP contribution in [0, 0.1) is 10.1 Å². The molecule has 0 bridgehead atoms. The number of fused-ring (bicyclic) bond motifs is 1. The van der Waals surface area contributed by atoms with E-state index in [0.29, 0.717) is 12.2 Å². The third-order valence-corrected chi connectivity index (χ3v) is 3.47. The van der Waals surface area contributed by atoms with Gasteiger partial charge in [0.15, 0.2) is 0 Å². The summed E-state index contributed by atoms with van der Waals surface area (Å²) < 4.78 is 0. The van der Waals surface area contributed by atoms with Crippen LogP contribution in [0.15, 0.2) is 48.5 Å². The smallest absolute Gasteiger partial charge is 0.361 e. The number of carbonyl (C=O) groups is 1. The van der Waals surface area contributed by atoms with Crippen LogP contribution < -0.4 is 4.90 Å². The summed E-state index contributed by atoms with van der Waals surface area (Å²) in [7, 11) is 0. The van der Waals surface area contributed by atoms with E-state index in [4.69, 9.17) is 5.53 Å². The standard InChI is InChI=1S/C15H10N4O3/c16-17-14-12-8-11(19(21)22)6-7-13(12)18(15(14)20)9-10-4-2-1-3-5-10/h1-8H,9H2. The SMILES string of the molecule is [N-]=[N+]=C1C(=O)N(Cc2ccccc2)c2ccc([N+](=O)[O-])cc21. The van der Waals surface area contributed by atoms with Crippen molar-refractivity contribution in [3.05, 3.63) is 75.3 Å². The minimum absolute atomic E-state index is 0.158. The van der Waals surface area contributed by atoms with Crippen molar-refractivity contribution in [1.82, 2.24) is 0 Å². The number of rotatable bonds is 3. The molecule has 0 aromatic heterocycles.